The lowest BCUT2D eigenvalue weighted by Crippen LogP contribution is -2.35. The van der Waals surface area contributed by atoms with E-state index in [9.17, 15) is 9.59 Å². The van der Waals surface area contributed by atoms with E-state index in [1.807, 2.05) is 49.4 Å². The maximum absolute atomic E-state index is 12.3. The average Bonchev–Trinajstić information content (AvgIpc) is 2.55. The van der Waals surface area contributed by atoms with E-state index in [1.54, 1.807) is 6.07 Å². The zero-order valence-electron chi connectivity index (χ0n) is 13.1. The molecule has 1 heterocycles. The van der Waals surface area contributed by atoms with Gasteiger partial charge in [-0.2, -0.15) is 0 Å². The molecule has 2 aromatic rings. The molecule has 2 aromatic carbocycles. The Balaban J connectivity index is 1.63. The van der Waals surface area contributed by atoms with Crippen molar-refractivity contribution in [2.75, 3.05) is 5.32 Å². The molecule has 3 rings (SSSR count). The molecule has 2 atom stereocenters. The molecule has 0 saturated carbocycles. The molecule has 124 valence electrons. The highest BCUT2D eigenvalue weighted by atomic mass is 35.5. The van der Waals surface area contributed by atoms with Crippen molar-refractivity contribution in [3.63, 3.8) is 0 Å². The van der Waals surface area contributed by atoms with Crippen molar-refractivity contribution in [3.8, 4) is 0 Å². The maximum atomic E-state index is 12.3. The van der Waals surface area contributed by atoms with Gasteiger partial charge in [-0.1, -0.05) is 41.9 Å². The number of thioether (sulfide) groups is 1. The number of benzene rings is 2. The topological polar surface area (TPSA) is 58.2 Å². The summed E-state index contributed by atoms with van der Waals surface area (Å²) in [4.78, 5) is 25.5. The Morgan fingerprint density at radius 3 is 2.75 bits per heavy atom. The second kappa shape index (κ2) is 7.28. The molecular weight excluding hydrogens is 344 g/mol. The number of halogens is 1. The van der Waals surface area contributed by atoms with Crippen LogP contribution in [0.5, 0.6) is 0 Å². The third-order valence-corrected chi connectivity index (χ3v) is 5.45. The first-order chi connectivity index (χ1) is 11.5. The molecule has 0 spiro atoms. The molecule has 0 aliphatic carbocycles. The predicted octanol–water partition coefficient (Wildman–Crippen LogP) is 4.02. The second-order valence-corrected chi connectivity index (χ2v) is 7.26. The van der Waals surface area contributed by atoms with E-state index in [0.717, 1.165) is 16.1 Å². The Morgan fingerprint density at radius 1 is 1.25 bits per heavy atom. The minimum absolute atomic E-state index is 0.125. The Morgan fingerprint density at radius 2 is 1.96 bits per heavy atom. The van der Waals surface area contributed by atoms with E-state index in [4.69, 9.17) is 11.6 Å². The fourth-order valence-electron chi connectivity index (χ4n) is 2.60. The molecule has 2 amide bonds. The summed E-state index contributed by atoms with van der Waals surface area (Å²) in [5.74, 6) is -0.311. The van der Waals surface area contributed by atoms with Gasteiger partial charge in [0.05, 0.1) is 17.0 Å². The van der Waals surface area contributed by atoms with Crippen molar-refractivity contribution >= 4 is 40.9 Å². The van der Waals surface area contributed by atoms with E-state index in [-0.39, 0.29) is 24.3 Å². The number of rotatable bonds is 4. The van der Waals surface area contributed by atoms with Crippen LogP contribution >= 0.6 is 23.4 Å². The van der Waals surface area contributed by atoms with E-state index in [1.165, 1.54) is 11.8 Å². The van der Waals surface area contributed by atoms with Crippen LogP contribution in [-0.4, -0.2) is 17.1 Å². The number of carbonyl (C=O) groups excluding carboxylic acids is 2. The Kier molecular flexibility index (Phi) is 5.11. The maximum Gasteiger partial charge on any atom is 0.238 e. The minimum atomic E-state index is -0.432. The van der Waals surface area contributed by atoms with Crippen molar-refractivity contribution in [1.82, 2.24) is 5.32 Å². The molecule has 0 bridgehead atoms. The number of hydrogen-bond donors (Lipinski definition) is 2. The van der Waals surface area contributed by atoms with Crippen LogP contribution in [0.4, 0.5) is 5.69 Å². The average molecular weight is 361 g/mol. The number of anilines is 1. The predicted molar refractivity (Wildman–Crippen MR) is 97.3 cm³/mol. The normalized spacial score (nSPS) is 17.6. The standard InChI is InChI=1S/C18H17ClN2O2S/c1-11(12-6-2-3-7-13(12)19)20-17(22)10-16-18(23)21-14-8-4-5-9-15(14)24-16/h2-9,11,16H,10H2,1H3,(H,20,22)(H,21,23)/t11-,16+/m0/s1. The number of amides is 2. The van der Waals surface area contributed by atoms with Crippen LogP contribution in [0.1, 0.15) is 24.9 Å². The van der Waals surface area contributed by atoms with Gasteiger partial charge in [0.15, 0.2) is 0 Å². The molecule has 0 unspecified atom stereocenters. The van der Waals surface area contributed by atoms with Gasteiger partial charge < -0.3 is 10.6 Å². The highest BCUT2D eigenvalue weighted by Gasteiger charge is 2.29. The van der Waals surface area contributed by atoms with Gasteiger partial charge in [0.2, 0.25) is 11.8 Å². The van der Waals surface area contributed by atoms with Gasteiger partial charge in [-0.25, -0.2) is 0 Å². The molecule has 24 heavy (non-hydrogen) atoms. The fourth-order valence-corrected chi connectivity index (χ4v) is 4.01. The molecular formula is C18H17ClN2O2S. The molecule has 0 saturated heterocycles. The highest BCUT2D eigenvalue weighted by molar-refractivity contribution is 8.01. The number of nitrogens with one attached hydrogen (secondary N) is 2. The molecule has 1 aliphatic rings. The van der Waals surface area contributed by atoms with Crippen molar-refractivity contribution in [2.24, 2.45) is 0 Å². The second-order valence-electron chi connectivity index (χ2n) is 5.61. The van der Waals surface area contributed by atoms with Gasteiger partial charge in [-0.15, -0.1) is 11.8 Å². The first kappa shape index (κ1) is 16.9. The Hall–Kier alpha value is -1.98. The van der Waals surface area contributed by atoms with E-state index in [0.29, 0.717) is 5.02 Å². The van der Waals surface area contributed by atoms with E-state index < -0.39 is 5.25 Å². The van der Waals surface area contributed by atoms with Gasteiger partial charge in [0.1, 0.15) is 0 Å². The first-order valence-corrected chi connectivity index (χ1v) is 8.90. The van der Waals surface area contributed by atoms with Gasteiger partial charge in [0, 0.05) is 16.3 Å². The largest absolute Gasteiger partial charge is 0.349 e. The summed E-state index contributed by atoms with van der Waals surface area (Å²) in [6, 6.07) is 14.8. The van der Waals surface area contributed by atoms with Crippen LogP contribution in [0.2, 0.25) is 5.02 Å². The Bertz CT molecular complexity index is 781. The summed E-state index contributed by atoms with van der Waals surface area (Å²) in [5, 5.41) is 5.94. The quantitative estimate of drug-likeness (QED) is 0.865. The summed E-state index contributed by atoms with van der Waals surface area (Å²) < 4.78 is 0. The van der Waals surface area contributed by atoms with Crippen molar-refractivity contribution < 1.29 is 9.59 Å². The van der Waals surface area contributed by atoms with Crippen molar-refractivity contribution in [1.29, 1.82) is 0 Å². The van der Waals surface area contributed by atoms with Crippen LogP contribution < -0.4 is 10.6 Å². The third kappa shape index (κ3) is 3.74. The smallest absolute Gasteiger partial charge is 0.238 e. The van der Waals surface area contributed by atoms with Crippen LogP contribution in [0, 0.1) is 0 Å². The molecule has 1 aliphatic heterocycles. The summed E-state index contributed by atoms with van der Waals surface area (Å²) in [7, 11) is 0. The SMILES string of the molecule is C[C@H](NC(=O)C[C@H]1Sc2ccccc2NC1=O)c1ccccc1Cl. The van der Waals surface area contributed by atoms with Gasteiger partial charge >= 0.3 is 0 Å². The number of carbonyl (C=O) groups is 2. The van der Waals surface area contributed by atoms with Crippen molar-refractivity contribution in [3.05, 3.63) is 59.1 Å². The van der Waals surface area contributed by atoms with Crippen LogP contribution in [0.3, 0.4) is 0 Å². The lowest BCUT2D eigenvalue weighted by Gasteiger charge is -2.24. The summed E-state index contributed by atoms with van der Waals surface area (Å²) in [5.41, 5.74) is 1.66. The molecule has 0 fully saturated rings. The van der Waals surface area contributed by atoms with Crippen molar-refractivity contribution in [2.45, 2.75) is 29.5 Å². The van der Waals surface area contributed by atoms with Crippen LogP contribution in [-0.2, 0) is 9.59 Å². The minimum Gasteiger partial charge on any atom is -0.349 e. The molecule has 0 radical (unpaired) electrons. The summed E-state index contributed by atoms with van der Waals surface area (Å²) in [6.07, 6.45) is 0.125. The Labute approximate surface area is 150 Å². The molecule has 6 heteroatoms. The monoisotopic (exact) mass is 360 g/mol. The van der Waals surface area contributed by atoms with E-state index >= 15 is 0 Å². The van der Waals surface area contributed by atoms with Gasteiger partial charge in [-0.3, -0.25) is 9.59 Å². The summed E-state index contributed by atoms with van der Waals surface area (Å²) >= 11 is 7.57. The zero-order valence-corrected chi connectivity index (χ0v) is 14.7. The number of hydrogen-bond acceptors (Lipinski definition) is 3. The molecule has 4 nitrogen and oxygen atoms in total. The highest BCUT2D eigenvalue weighted by Crippen LogP contribution is 2.36. The van der Waals surface area contributed by atoms with Gasteiger partial charge in [0.25, 0.3) is 0 Å². The lowest BCUT2D eigenvalue weighted by atomic mass is 10.1. The van der Waals surface area contributed by atoms with Crippen LogP contribution in [0.15, 0.2) is 53.4 Å². The molecule has 2 N–H and O–H groups in total. The molecule has 0 aromatic heterocycles. The fraction of sp³-hybridized carbons (Fsp3) is 0.222. The van der Waals surface area contributed by atoms with E-state index in [2.05, 4.69) is 10.6 Å². The number of fused-ring (bicyclic) bond motifs is 1. The summed E-state index contributed by atoms with van der Waals surface area (Å²) in [6.45, 7) is 1.88. The third-order valence-electron chi connectivity index (χ3n) is 3.83. The number of para-hydroxylation sites is 1. The zero-order chi connectivity index (χ0) is 17.1. The first-order valence-electron chi connectivity index (χ1n) is 7.65. The van der Waals surface area contributed by atoms with Gasteiger partial charge in [-0.05, 0) is 30.7 Å². The lowest BCUT2D eigenvalue weighted by molar-refractivity contribution is -0.124. The van der Waals surface area contributed by atoms with Crippen LogP contribution in [0.25, 0.3) is 0 Å².